The second-order valence-electron chi connectivity index (χ2n) is 9.24. The van der Waals surface area contributed by atoms with Crippen molar-refractivity contribution in [1.82, 2.24) is 24.9 Å². The Morgan fingerprint density at radius 2 is 1.69 bits per heavy atom. The van der Waals surface area contributed by atoms with Crippen LogP contribution in [0.4, 0.5) is 0 Å². The van der Waals surface area contributed by atoms with E-state index in [9.17, 15) is 9.59 Å². The molecule has 2 aromatic rings. The second kappa shape index (κ2) is 9.86. The van der Waals surface area contributed by atoms with Gasteiger partial charge in [0.2, 0.25) is 5.91 Å². The van der Waals surface area contributed by atoms with Crippen molar-refractivity contribution in [2.75, 3.05) is 26.2 Å². The summed E-state index contributed by atoms with van der Waals surface area (Å²) < 4.78 is 1.94. The largest absolute Gasteiger partial charge is 0.352 e. The summed E-state index contributed by atoms with van der Waals surface area (Å²) in [5.74, 6) is 0.428. The topological polar surface area (TPSA) is 70.5 Å². The Morgan fingerprint density at radius 1 is 1.03 bits per heavy atom. The van der Waals surface area contributed by atoms with Crippen LogP contribution >= 0.6 is 0 Å². The highest BCUT2D eigenvalue weighted by Crippen LogP contribution is 2.24. The lowest BCUT2D eigenvalue weighted by Crippen LogP contribution is -2.48. The number of aryl methyl sites for hydroxylation is 2. The Morgan fingerprint density at radius 3 is 2.28 bits per heavy atom. The van der Waals surface area contributed by atoms with E-state index in [1.54, 1.807) is 0 Å². The van der Waals surface area contributed by atoms with E-state index in [2.05, 4.69) is 29.2 Å². The molecule has 1 aliphatic carbocycles. The van der Waals surface area contributed by atoms with Crippen LogP contribution in [0.15, 0.2) is 24.3 Å². The van der Waals surface area contributed by atoms with E-state index in [-0.39, 0.29) is 17.7 Å². The van der Waals surface area contributed by atoms with E-state index in [1.807, 2.05) is 40.9 Å². The van der Waals surface area contributed by atoms with Gasteiger partial charge in [-0.3, -0.25) is 19.2 Å². The SMILES string of the molecule is Cc1nn(C)c(C)c1CN1CCN(C(=O)c2ccc(CNC(=O)C3CCCC3)cc2)CC1. The molecule has 1 N–H and O–H groups in total. The Hall–Kier alpha value is -2.67. The van der Waals surface area contributed by atoms with Gasteiger partial charge in [-0.15, -0.1) is 0 Å². The van der Waals surface area contributed by atoms with E-state index in [0.717, 1.165) is 69.7 Å². The summed E-state index contributed by atoms with van der Waals surface area (Å²) in [6.07, 6.45) is 4.33. The molecule has 172 valence electrons. The number of hydrogen-bond donors (Lipinski definition) is 1. The first kappa shape index (κ1) is 22.5. The quantitative estimate of drug-likeness (QED) is 0.755. The first-order chi connectivity index (χ1) is 15.4. The third-order valence-electron chi connectivity index (χ3n) is 7.09. The summed E-state index contributed by atoms with van der Waals surface area (Å²) in [6, 6.07) is 7.67. The number of benzene rings is 1. The molecule has 1 aromatic heterocycles. The number of nitrogens with zero attached hydrogens (tertiary/aromatic N) is 4. The number of piperazine rings is 1. The summed E-state index contributed by atoms with van der Waals surface area (Å²) in [4.78, 5) is 29.5. The molecule has 7 heteroatoms. The zero-order valence-electron chi connectivity index (χ0n) is 19.6. The maximum Gasteiger partial charge on any atom is 0.253 e. The van der Waals surface area contributed by atoms with Gasteiger partial charge in [0, 0.05) is 69.1 Å². The monoisotopic (exact) mass is 437 g/mol. The fourth-order valence-corrected chi connectivity index (χ4v) is 4.85. The average Bonchev–Trinajstić information content (AvgIpc) is 3.43. The van der Waals surface area contributed by atoms with Crippen molar-refractivity contribution in [3.8, 4) is 0 Å². The van der Waals surface area contributed by atoms with Crippen molar-refractivity contribution in [1.29, 1.82) is 0 Å². The number of hydrogen-bond acceptors (Lipinski definition) is 4. The zero-order chi connectivity index (χ0) is 22.7. The van der Waals surface area contributed by atoms with Gasteiger partial charge in [-0.2, -0.15) is 5.10 Å². The van der Waals surface area contributed by atoms with Crippen LogP contribution in [0.2, 0.25) is 0 Å². The molecule has 0 atom stereocenters. The van der Waals surface area contributed by atoms with Gasteiger partial charge in [0.25, 0.3) is 5.91 Å². The maximum atomic E-state index is 13.0. The number of aromatic nitrogens is 2. The van der Waals surface area contributed by atoms with E-state index >= 15 is 0 Å². The zero-order valence-corrected chi connectivity index (χ0v) is 19.6. The van der Waals surface area contributed by atoms with Gasteiger partial charge in [0.15, 0.2) is 0 Å². The Bertz CT molecular complexity index is 951. The fourth-order valence-electron chi connectivity index (χ4n) is 4.85. The molecular weight excluding hydrogens is 402 g/mol. The predicted octanol–water partition coefficient (Wildman–Crippen LogP) is 2.80. The maximum absolute atomic E-state index is 13.0. The van der Waals surface area contributed by atoms with Crippen molar-refractivity contribution < 1.29 is 9.59 Å². The molecular formula is C25H35N5O2. The van der Waals surface area contributed by atoms with Crippen molar-refractivity contribution >= 4 is 11.8 Å². The molecule has 2 amide bonds. The fraction of sp³-hybridized carbons (Fsp3) is 0.560. The van der Waals surface area contributed by atoms with Gasteiger partial charge in [-0.05, 0) is 44.4 Å². The second-order valence-corrected chi connectivity index (χ2v) is 9.24. The van der Waals surface area contributed by atoms with Crippen LogP contribution in [0.3, 0.4) is 0 Å². The Labute approximate surface area is 190 Å². The van der Waals surface area contributed by atoms with Gasteiger partial charge >= 0.3 is 0 Å². The lowest BCUT2D eigenvalue weighted by Gasteiger charge is -2.34. The third kappa shape index (κ3) is 5.04. The smallest absolute Gasteiger partial charge is 0.253 e. The van der Waals surface area contributed by atoms with Gasteiger partial charge in [0.1, 0.15) is 0 Å². The van der Waals surface area contributed by atoms with Gasteiger partial charge < -0.3 is 10.2 Å². The molecule has 4 rings (SSSR count). The minimum atomic E-state index is 0.0833. The first-order valence-corrected chi connectivity index (χ1v) is 11.8. The molecule has 2 aliphatic rings. The number of amides is 2. The van der Waals surface area contributed by atoms with Crippen LogP contribution in [-0.4, -0.2) is 57.6 Å². The van der Waals surface area contributed by atoms with Crippen LogP contribution < -0.4 is 5.32 Å². The molecule has 0 bridgehead atoms. The van der Waals surface area contributed by atoms with E-state index in [0.29, 0.717) is 12.1 Å². The summed E-state index contributed by atoms with van der Waals surface area (Å²) >= 11 is 0. The van der Waals surface area contributed by atoms with Crippen molar-refractivity contribution in [3.63, 3.8) is 0 Å². The van der Waals surface area contributed by atoms with Crippen LogP contribution in [0.5, 0.6) is 0 Å². The molecule has 1 aliphatic heterocycles. The number of rotatable bonds is 6. The van der Waals surface area contributed by atoms with E-state index < -0.39 is 0 Å². The van der Waals surface area contributed by atoms with Crippen molar-refractivity contribution in [2.24, 2.45) is 13.0 Å². The molecule has 0 unspecified atom stereocenters. The highest BCUT2D eigenvalue weighted by atomic mass is 16.2. The predicted molar refractivity (Wildman–Crippen MR) is 124 cm³/mol. The lowest BCUT2D eigenvalue weighted by atomic mass is 10.1. The van der Waals surface area contributed by atoms with E-state index in [4.69, 9.17) is 0 Å². The van der Waals surface area contributed by atoms with Gasteiger partial charge in [-0.1, -0.05) is 25.0 Å². The highest BCUT2D eigenvalue weighted by molar-refractivity contribution is 5.94. The molecule has 2 heterocycles. The molecule has 32 heavy (non-hydrogen) atoms. The van der Waals surface area contributed by atoms with Crippen molar-refractivity contribution in [2.45, 2.75) is 52.6 Å². The molecule has 7 nitrogen and oxygen atoms in total. The van der Waals surface area contributed by atoms with Crippen molar-refractivity contribution in [3.05, 3.63) is 52.3 Å². The summed E-state index contributed by atoms with van der Waals surface area (Å²) in [5.41, 5.74) is 5.33. The number of carbonyl (C=O) groups is 2. The molecule has 1 saturated carbocycles. The lowest BCUT2D eigenvalue weighted by molar-refractivity contribution is -0.124. The minimum absolute atomic E-state index is 0.0833. The van der Waals surface area contributed by atoms with Gasteiger partial charge in [-0.25, -0.2) is 0 Å². The van der Waals surface area contributed by atoms with Crippen LogP contribution in [-0.2, 0) is 24.9 Å². The minimum Gasteiger partial charge on any atom is -0.352 e. The summed E-state index contributed by atoms with van der Waals surface area (Å²) in [5, 5.41) is 7.55. The Kier molecular flexibility index (Phi) is 6.94. The number of carbonyl (C=O) groups excluding carboxylic acids is 2. The first-order valence-electron chi connectivity index (χ1n) is 11.8. The highest BCUT2D eigenvalue weighted by Gasteiger charge is 2.24. The van der Waals surface area contributed by atoms with Crippen LogP contribution in [0, 0.1) is 19.8 Å². The van der Waals surface area contributed by atoms with Gasteiger partial charge in [0.05, 0.1) is 5.69 Å². The Balaban J connectivity index is 1.26. The average molecular weight is 438 g/mol. The number of nitrogens with one attached hydrogen (secondary N) is 1. The molecule has 2 fully saturated rings. The molecule has 1 aromatic carbocycles. The van der Waals surface area contributed by atoms with Crippen LogP contribution in [0.1, 0.15) is 58.6 Å². The van der Waals surface area contributed by atoms with Crippen LogP contribution in [0.25, 0.3) is 0 Å². The molecule has 0 radical (unpaired) electrons. The molecule has 0 spiro atoms. The normalized spacial score (nSPS) is 17.7. The standard InChI is InChI=1S/C25H35N5O2/c1-18-23(19(2)28(3)27-18)17-29-12-14-30(15-13-29)25(32)22-10-8-20(9-11-22)16-26-24(31)21-6-4-5-7-21/h8-11,21H,4-7,12-17H2,1-3H3,(H,26,31). The summed E-state index contributed by atoms with van der Waals surface area (Å²) in [6.45, 7) is 8.78. The van der Waals surface area contributed by atoms with E-state index in [1.165, 1.54) is 11.3 Å². The molecule has 1 saturated heterocycles. The summed E-state index contributed by atoms with van der Waals surface area (Å²) in [7, 11) is 1.98. The third-order valence-corrected chi connectivity index (χ3v) is 7.09.